The summed E-state index contributed by atoms with van der Waals surface area (Å²) in [5.74, 6) is 4.72. The summed E-state index contributed by atoms with van der Waals surface area (Å²) in [5.41, 5.74) is 0. The van der Waals surface area contributed by atoms with Crippen LogP contribution in [-0.2, 0) is 9.53 Å². The summed E-state index contributed by atoms with van der Waals surface area (Å²) < 4.78 is 17.7. The predicted molar refractivity (Wildman–Crippen MR) is 157 cm³/mol. The van der Waals surface area contributed by atoms with Gasteiger partial charge < -0.3 is 29.3 Å². The number of aromatic nitrogens is 3. The molecule has 11 heteroatoms. The number of fused-ring (bicyclic) bond motifs is 1. The summed E-state index contributed by atoms with van der Waals surface area (Å²) in [6.45, 7) is 4.71. The van der Waals surface area contributed by atoms with Crippen molar-refractivity contribution in [3.8, 4) is 11.6 Å². The normalized spacial score (nSPS) is 21.7. The fourth-order valence-corrected chi connectivity index (χ4v) is 6.28. The molecule has 2 aromatic heterocycles. The first-order chi connectivity index (χ1) is 19.7. The first-order valence-electron chi connectivity index (χ1n) is 14.2. The van der Waals surface area contributed by atoms with Gasteiger partial charge in [0.25, 0.3) is 5.91 Å². The van der Waals surface area contributed by atoms with Crippen LogP contribution in [0.3, 0.4) is 0 Å². The standard InChI is InChI=1S/C29H36N6O4S/c36-27(35-11-15-40-16-12-35)20-38-24-18-30-29(31-19-24)32-22-5-7-23(8-6-22)39-28-25-4-2-1-3-21(25)17-26(33-28)34-9-13-37-14-10-34/h1-4,17-19,22-23H,5-16,20H2,(H,30,31,32). The van der Waals surface area contributed by atoms with E-state index in [0.717, 1.165) is 93.2 Å². The maximum atomic E-state index is 12.3. The Kier molecular flexibility index (Phi) is 8.68. The maximum Gasteiger partial charge on any atom is 0.260 e. The lowest BCUT2D eigenvalue weighted by molar-refractivity contribution is -0.133. The molecule has 0 atom stereocenters. The molecule has 3 aromatic rings. The zero-order valence-electron chi connectivity index (χ0n) is 22.7. The number of amides is 1. The predicted octanol–water partition coefficient (Wildman–Crippen LogP) is 3.62. The number of anilines is 2. The molecule has 1 saturated carbocycles. The summed E-state index contributed by atoms with van der Waals surface area (Å²) in [4.78, 5) is 30.2. The number of ether oxygens (including phenoxy) is 3. The maximum absolute atomic E-state index is 12.3. The highest BCUT2D eigenvalue weighted by Crippen LogP contribution is 2.32. The second-order valence-electron chi connectivity index (χ2n) is 10.4. The fourth-order valence-electron chi connectivity index (χ4n) is 5.38. The van der Waals surface area contributed by atoms with E-state index in [1.807, 2.05) is 22.7 Å². The minimum Gasteiger partial charge on any atom is -0.481 e. The molecule has 40 heavy (non-hydrogen) atoms. The van der Waals surface area contributed by atoms with Gasteiger partial charge in [-0.1, -0.05) is 18.2 Å². The van der Waals surface area contributed by atoms with Gasteiger partial charge in [-0.3, -0.25) is 4.79 Å². The molecule has 1 aliphatic carbocycles. The second kappa shape index (κ2) is 12.9. The lowest BCUT2D eigenvalue weighted by Crippen LogP contribution is -2.40. The number of hydrogen-bond donors (Lipinski definition) is 1. The van der Waals surface area contributed by atoms with E-state index in [1.54, 1.807) is 12.4 Å². The lowest BCUT2D eigenvalue weighted by Gasteiger charge is -2.31. The average molecular weight is 565 g/mol. The molecule has 3 fully saturated rings. The smallest absolute Gasteiger partial charge is 0.260 e. The second-order valence-corrected chi connectivity index (χ2v) is 11.6. The van der Waals surface area contributed by atoms with Crippen LogP contribution in [0.15, 0.2) is 42.7 Å². The molecule has 1 N–H and O–H groups in total. The SMILES string of the molecule is O=C(COc1cnc(NC2CCC(Oc3nc(N4CCOCC4)cc4ccccc34)CC2)nc1)N1CCSCC1. The molecular formula is C29H36N6O4S. The molecule has 10 nitrogen and oxygen atoms in total. The molecule has 0 radical (unpaired) electrons. The van der Waals surface area contributed by atoms with E-state index < -0.39 is 0 Å². The van der Waals surface area contributed by atoms with Gasteiger partial charge in [0, 0.05) is 49.1 Å². The summed E-state index contributed by atoms with van der Waals surface area (Å²) in [5, 5.41) is 5.64. The van der Waals surface area contributed by atoms with Crippen molar-refractivity contribution in [3.05, 3.63) is 42.7 Å². The third kappa shape index (κ3) is 6.69. The molecule has 6 rings (SSSR count). The zero-order valence-corrected chi connectivity index (χ0v) is 23.5. The van der Waals surface area contributed by atoms with Gasteiger partial charge in [0.05, 0.1) is 25.6 Å². The van der Waals surface area contributed by atoms with Crippen LogP contribution in [0.25, 0.3) is 10.8 Å². The van der Waals surface area contributed by atoms with E-state index in [4.69, 9.17) is 19.2 Å². The molecule has 2 aliphatic heterocycles. The molecule has 1 aromatic carbocycles. The summed E-state index contributed by atoms with van der Waals surface area (Å²) in [6.07, 6.45) is 7.12. The van der Waals surface area contributed by atoms with E-state index in [2.05, 4.69) is 44.5 Å². The van der Waals surface area contributed by atoms with Crippen molar-refractivity contribution in [2.45, 2.75) is 37.8 Å². The van der Waals surface area contributed by atoms with Crippen molar-refractivity contribution in [1.29, 1.82) is 0 Å². The minimum absolute atomic E-state index is 0.0116. The largest absolute Gasteiger partial charge is 0.481 e. The minimum atomic E-state index is 0.0116. The average Bonchev–Trinajstić information content (AvgIpc) is 3.02. The Hall–Kier alpha value is -3.31. The van der Waals surface area contributed by atoms with Crippen molar-refractivity contribution in [3.63, 3.8) is 0 Å². The van der Waals surface area contributed by atoms with Crippen molar-refractivity contribution < 1.29 is 19.0 Å². The molecule has 212 valence electrons. The van der Waals surface area contributed by atoms with Gasteiger partial charge in [0.1, 0.15) is 11.9 Å². The topological polar surface area (TPSA) is 102 Å². The van der Waals surface area contributed by atoms with Crippen molar-refractivity contribution >= 4 is 40.2 Å². The van der Waals surface area contributed by atoms with Gasteiger partial charge in [-0.05, 0) is 43.2 Å². The highest BCUT2D eigenvalue weighted by Gasteiger charge is 2.25. The third-order valence-corrected chi connectivity index (χ3v) is 8.61. The number of benzene rings is 1. The number of nitrogens with zero attached hydrogens (tertiary/aromatic N) is 5. The number of thioether (sulfide) groups is 1. The number of pyridine rings is 1. The molecular weight excluding hydrogens is 528 g/mol. The van der Waals surface area contributed by atoms with Crippen LogP contribution in [0.2, 0.25) is 0 Å². The highest BCUT2D eigenvalue weighted by molar-refractivity contribution is 7.99. The Morgan fingerprint density at radius 2 is 1.77 bits per heavy atom. The Balaban J connectivity index is 1.00. The zero-order chi connectivity index (χ0) is 27.1. The van der Waals surface area contributed by atoms with E-state index in [9.17, 15) is 4.79 Å². The summed E-state index contributed by atoms with van der Waals surface area (Å²) in [6, 6.07) is 10.7. The van der Waals surface area contributed by atoms with Crippen LogP contribution >= 0.6 is 11.8 Å². The number of nitrogens with one attached hydrogen (secondary N) is 1. The Bertz CT molecular complexity index is 1280. The van der Waals surface area contributed by atoms with E-state index in [1.165, 1.54) is 0 Å². The number of rotatable bonds is 8. The molecule has 3 aliphatic rings. The molecule has 0 spiro atoms. The first-order valence-corrected chi connectivity index (χ1v) is 15.3. The van der Waals surface area contributed by atoms with Crippen LogP contribution in [0.5, 0.6) is 11.6 Å². The number of hydrogen-bond acceptors (Lipinski definition) is 10. The molecule has 4 heterocycles. The lowest BCUT2D eigenvalue weighted by atomic mass is 9.93. The third-order valence-electron chi connectivity index (χ3n) is 7.67. The Morgan fingerprint density at radius 3 is 2.55 bits per heavy atom. The number of carbonyl (C=O) groups excluding carboxylic acids is 1. The van der Waals surface area contributed by atoms with Gasteiger partial charge in [0.15, 0.2) is 12.4 Å². The van der Waals surface area contributed by atoms with Crippen molar-refractivity contribution in [1.82, 2.24) is 19.9 Å². The van der Waals surface area contributed by atoms with Crippen LogP contribution in [-0.4, -0.2) is 95.4 Å². The van der Waals surface area contributed by atoms with Crippen LogP contribution in [0.1, 0.15) is 25.7 Å². The number of morpholine rings is 1. The van der Waals surface area contributed by atoms with Gasteiger partial charge in [-0.2, -0.15) is 16.7 Å². The van der Waals surface area contributed by atoms with Gasteiger partial charge in [0.2, 0.25) is 11.8 Å². The summed E-state index contributed by atoms with van der Waals surface area (Å²) >= 11 is 1.88. The first kappa shape index (κ1) is 26.9. The quantitative estimate of drug-likeness (QED) is 0.437. The Labute approximate surface area is 238 Å². The monoisotopic (exact) mass is 564 g/mol. The van der Waals surface area contributed by atoms with E-state index in [-0.39, 0.29) is 24.7 Å². The highest BCUT2D eigenvalue weighted by atomic mass is 32.2. The van der Waals surface area contributed by atoms with E-state index >= 15 is 0 Å². The Morgan fingerprint density at radius 1 is 1.02 bits per heavy atom. The van der Waals surface area contributed by atoms with Crippen LogP contribution in [0, 0.1) is 0 Å². The fraction of sp³-hybridized carbons (Fsp3) is 0.517. The molecule has 1 amide bonds. The van der Waals surface area contributed by atoms with Gasteiger partial charge >= 0.3 is 0 Å². The number of carbonyl (C=O) groups is 1. The summed E-state index contributed by atoms with van der Waals surface area (Å²) in [7, 11) is 0. The molecule has 2 saturated heterocycles. The van der Waals surface area contributed by atoms with Crippen molar-refractivity contribution in [2.75, 3.05) is 67.7 Å². The van der Waals surface area contributed by atoms with Gasteiger partial charge in [-0.25, -0.2) is 9.97 Å². The van der Waals surface area contributed by atoms with E-state index in [0.29, 0.717) is 17.6 Å². The van der Waals surface area contributed by atoms with Gasteiger partial charge in [-0.15, -0.1) is 0 Å². The molecule has 0 unspecified atom stereocenters. The molecule has 0 bridgehead atoms. The van der Waals surface area contributed by atoms with Crippen molar-refractivity contribution in [2.24, 2.45) is 0 Å². The van der Waals surface area contributed by atoms with Crippen LogP contribution < -0.4 is 19.7 Å². The van der Waals surface area contributed by atoms with Crippen LogP contribution in [0.4, 0.5) is 11.8 Å².